The Morgan fingerprint density at radius 3 is 2.26 bits per heavy atom. The number of morpholine rings is 1. The number of carbonyl (C=O) groups excluding carboxylic acids is 1. The van der Waals surface area contributed by atoms with Gasteiger partial charge in [0.25, 0.3) is 15.9 Å². The fourth-order valence-corrected chi connectivity index (χ4v) is 4.92. The van der Waals surface area contributed by atoms with Gasteiger partial charge < -0.3 is 14.8 Å². The van der Waals surface area contributed by atoms with E-state index in [2.05, 4.69) is 14.9 Å². The predicted octanol–water partition coefficient (Wildman–Crippen LogP) is 3.30. The molecule has 3 aromatic carbocycles. The zero-order valence-electron chi connectivity index (χ0n) is 19.5. The fraction of sp³-hybridized carbons (Fsp3) is 0.269. The summed E-state index contributed by atoms with van der Waals surface area (Å²) in [5.74, 6) is 0.366. The van der Waals surface area contributed by atoms with Crippen LogP contribution in [0.3, 0.4) is 0 Å². The number of sulfonamides is 1. The minimum absolute atomic E-state index is 0.0674. The van der Waals surface area contributed by atoms with Gasteiger partial charge in [-0.15, -0.1) is 0 Å². The summed E-state index contributed by atoms with van der Waals surface area (Å²) in [5.41, 5.74) is 1.81. The van der Waals surface area contributed by atoms with Gasteiger partial charge in [-0.2, -0.15) is 0 Å². The molecular formula is C26H29N3O5S. The van der Waals surface area contributed by atoms with Crippen molar-refractivity contribution in [3.8, 4) is 5.75 Å². The van der Waals surface area contributed by atoms with E-state index in [-0.39, 0.29) is 16.8 Å². The van der Waals surface area contributed by atoms with Gasteiger partial charge in [-0.3, -0.25) is 14.4 Å². The third-order valence-corrected chi connectivity index (χ3v) is 7.22. The summed E-state index contributed by atoms with van der Waals surface area (Å²) in [7, 11) is -2.26. The van der Waals surface area contributed by atoms with Gasteiger partial charge in [-0.25, -0.2) is 8.42 Å². The Bertz CT molecular complexity index is 1210. The van der Waals surface area contributed by atoms with E-state index >= 15 is 0 Å². The topological polar surface area (TPSA) is 97.0 Å². The Labute approximate surface area is 205 Å². The van der Waals surface area contributed by atoms with E-state index in [9.17, 15) is 13.2 Å². The van der Waals surface area contributed by atoms with Crippen molar-refractivity contribution in [2.24, 2.45) is 0 Å². The molecule has 8 nitrogen and oxygen atoms in total. The number of nitrogens with zero attached hydrogens (tertiary/aromatic N) is 1. The van der Waals surface area contributed by atoms with Crippen LogP contribution in [0.15, 0.2) is 83.8 Å². The van der Waals surface area contributed by atoms with Crippen LogP contribution in [0.25, 0.3) is 0 Å². The van der Waals surface area contributed by atoms with Gasteiger partial charge in [0, 0.05) is 30.9 Å². The van der Waals surface area contributed by atoms with Gasteiger partial charge in [0.15, 0.2) is 0 Å². The fourth-order valence-electron chi connectivity index (χ4n) is 3.86. The van der Waals surface area contributed by atoms with E-state index in [4.69, 9.17) is 9.47 Å². The van der Waals surface area contributed by atoms with Crippen LogP contribution in [-0.2, 0) is 14.8 Å². The second-order valence-corrected chi connectivity index (χ2v) is 9.89. The second-order valence-electron chi connectivity index (χ2n) is 8.21. The average Bonchev–Trinajstić information content (AvgIpc) is 2.90. The maximum absolute atomic E-state index is 13.1. The molecule has 9 heteroatoms. The quantitative estimate of drug-likeness (QED) is 0.473. The van der Waals surface area contributed by atoms with Crippen molar-refractivity contribution in [1.82, 2.24) is 10.2 Å². The van der Waals surface area contributed by atoms with Crippen molar-refractivity contribution in [1.29, 1.82) is 0 Å². The first kappa shape index (κ1) is 24.7. The molecule has 1 aliphatic rings. The number of rotatable bonds is 9. The minimum Gasteiger partial charge on any atom is -0.497 e. The summed E-state index contributed by atoms with van der Waals surface area (Å²) in [6.45, 7) is 3.64. The van der Waals surface area contributed by atoms with Crippen LogP contribution in [0.2, 0.25) is 0 Å². The summed E-state index contributed by atoms with van der Waals surface area (Å²) in [4.78, 5) is 15.4. The maximum atomic E-state index is 13.1. The third-order valence-electron chi connectivity index (χ3n) is 5.82. The Kier molecular flexibility index (Phi) is 8.02. The number of ether oxygens (including phenoxy) is 2. The maximum Gasteiger partial charge on any atom is 0.261 e. The van der Waals surface area contributed by atoms with Gasteiger partial charge in [0.05, 0.1) is 31.3 Å². The van der Waals surface area contributed by atoms with Crippen LogP contribution in [0.1, 0.15) is 22.0 Å². The highest BCUT2D eigenvalue weighted by Crippen LogP contribution is 2.21. The van der Waals surface area contributed by atoms with Crippen molar-refractivity contribution < 1.29 is 22.7 Å². The van der Waals surface area contributed by atoms with Gasteiger partial charge >= 0.3 is 0 Å². The summed E-state index contributed by atoms with van der Waals surface area (Å²) in [6.07, 6.45) is 0. The standard InChI is InChI=1S/C26H29N3O5S/c1-33-23-11-9-22(10-12-23)28-35(31,32)24-13-7-21(8-14-24)26(30)27-25(20-5-3-2-4-6-20)19-29-15-17-34-18-16-29/h2-14,25,28H,15-19H2,1H3,(H,27,30). The van der Waals surface area contributed by atoms with Crippen molar-refractivity contribution in [2.45, 2.75) is 10.9 Å². The molecule has 1 amide bonds. The van der Waals surface area contributed by atoms with E-state index in [0.717, 1.165) is 18.7 Å². The van der Waals surface area contributed by atoms with Crippen LogP contribution >= 0.6 is 0 Å². The van der Waals surface area contributed by atoms with E-state index < -0.39 is 10.0 Å². The van der Waals surface area contributed by atoms with E-state index in [1.807, 2.05) is 30.3 Å². The summed E-state index contributed by atoms with van der Waals surface area (Å²) >= 11 is 0. The highest BCUT2D eigenvalue weighted by atomic mass is 32.2. The largest absolute Gasteiger partial charge is 0.497 e. The molecule has 1 unspecified atom stereocenters. The number of methoxy groups -OCH3 is 1. The first-order valence-corrected chi connectivity index (χ1v) is 12.9. The van der Waals surface area contributed by atoms with Gasteiger partial charge in [0.1, 0.15) is 5.75 Å². The number of nitrogens with one attached hydrogen (secondary N) is 2. The highest BCUT2D eigenvalue weighted by molar-refractivity contribution is 7.92. The highest BCUT2D eigenvalue weighted by Gasteiger charge is 2.21. The molecule has 3 aromatic rings. The molecule has 1 aliphatic heterocycles. The molecule has 1 heterocycles. The third kappa shape index (κ3) is 6.60. The first-order valence-electron chi connectivity index (χ1n) is 11.4. The van der Waals surface area contributed by atoms with E-state index in [1.165, 1.54) is 24.3 Å². The van der Waals surface area contributed by atoms with Crippen LogP contribution in [0.4, 0.5) is 5.69 Å². The number of amides is 1. The van der Waals surface area contributed by atoms with Gasteiger partial charge in [0.2, 0.25) is 0 Å². The molecular weight excluding hydrogens is 466 g/mol. The molecule has 0 aromatic heterocycles. The monoisotopic (exact) mass is 495 g/mol. The average molecular weight is 496 g/mol. The van der Waals surface area contributed by atoms with Crippen LogP contribution < -0.4 is 14.8 Å². The first-order chi connectivity index (χ1) is 16.9. The predicted molar refractivity (Wildman–Crippen MR) is 134 cm³/mol. The molecule has 1 atom stereocenters. The summed E-state index contributed by atoms with van der Waals surface area (Å²) in [6, 6.07) is 22.1. The molecule has 184 valence electrons. The zero-order valence-corrected chi connectivity index (χ0v) is 20.3. The summed E-state index contributed by atoms with van der Waals surface area (Å²) < 4.78 is 38.6. The number of carbonyl (C=O) groups is 1. The van der Waals surface area contributed by atoms with Crippen LogP contribution in [-0.4, -0.2) is 59.2 Å². The van der Waals surface area contributed by atoms with E-state index in [0.29, 0.717) is 36.8 Å². The van der Waals surface area contributed by atoms with Crippen molar-refractivity contribution in [3.05, 3.63) is 90.0 Å². The lowest BCUT2D eigenvalue weighted by atomic mass is 10.1. The lowest BCUT2D eigenvalue weighted by Crippen LogP contribution is -2.43. The number of anilines is 1. The van der Waals surface area contributed by atoms with Crippen LogP contribution in [0.5, 0.6) is 5.75 Å². The number of benzene rings is 3. The molecule has 4 rings (SSSR count). The molecule has 0 aliphatic carbocycles. The number of hydrogen-bond acceptors (Lipinski definition) is 6. The molecule has 1 fully saturated rings. The van der Waals surface area contributed by atoms with Crippen molar-refractivity contribution >= 4 is 21.6 Å². The molecule has 0 radical (unpaired) electrons. The SMILES string of the molecule is COc1ccc(NS(=O)(=O)c2ccc(C(=O)NC(CN3CCOCC3)c3ccccc3)cc2)cc1. The van der Waals surface area contributed by atoms with Crippen molar-refractivity contribution in [3.63, 3.8) is 0 Å². The van der Waals surface area contributed by atoms with Gasteiger partial charge in [-0.05, 0) is 54.1 Å². The molecule has 0 bridgehead atoms. The normalized spacial score (nSPS) is 15.2. The molecule has 0 saturated carbocycles. The minimum atomic E-state index is -3.80. The lowest BCUT2D eigenvalue weighted by Gasteiger charge is -2.31. The Hall–Kier alpha value is -3.40. The molecule has 35 heavy (non-hydrogen) atoms. The Morgan fingerprint density at radius 2 is 1.63 bits per heavy atom. The number of hydrogen-bond donors (Lipinski definition) is 2. The molecule has 1 saturated heterocycles. The van der Waals surface area contributed by atoms with Crippen LogP contribution in [0, 0.1) is 0 Å². The second kappa shape index (κ2) is 11.4. The molecule has 2 N–H and O–H groups in total. The lowest BCUT2D eigenvalue weighted by molar-refractivity contribution is 0.0332. The Balaban J connectivity index is 1.45. The molecule has 0 spiro atoms. The van der Waals surface area contributed by atoms with Crippen molar-refractivity contribution in [2.75, 3.05) is 44.7 Å². The summed E-state index contributed by atoms with van der Waals surface area (Å²) in [5, 5.41) is 3.11. The van der Waals surface area contributed by atoms with E-state index in [1.54, 1.807) is 31.4 Å². The zero-order chi connectivity index (χ0) is 24.7. The smallest absolute Gasteiger partial charge is 0.261 e. The Morgan fingerprint density at radius 1 is 0.971 bits per heavy atom. The van der Waals surface area contributed by atoms with Gasteiger partial charge in [-0.1, -0.05) is 30.3 Å².